The third-order valence-corrected chi connectivity index (χ3v) is 6.52. The van der Waals surface area contributed by atoms with Crippen molar-refractivity contribution in [3.63, 3.8) is 0 Å². The number of nitrogens with one attached hydrogen (secondary N) is 1. The number of benzene rings is 2. The van der Waals surface area contributed by atoms with Gasteiger partial charge in [0.15, 0.2) is 10.9 Å². The molecule has 9 nitrogen and oxygen atoms in total. The molecule has 10 heteroatoms. The Hall–Kier alpha value is -4.05. The van der Waals surface area contributed by atoms with E-state index in [4.69, 9.17) is 4.74 Å². The highest BCUT2D eigenvalue weighted by molar-refractivity contribution is 7.98. The number of unbranched alkanes of at least 4 members (excludes halogenated alkanes) is 1. The van der Waals surface area contributed by atoms with Gasteiger partial charge in [0.2, 0.25) is 0 Å². The maximum Gasteiger partial charge on any atom is 0.338 e. The molecule has 4 aromatic rings. The van der Waals surface area contributed by atoms with Crippen molar-refractivity contribution in [1.82, 2.24) is 25.0 Å². The molecule has 0 saturated heterocycles. The molecule has 2 aromatic heterocycles. The molecule has 196 valence electrons. The minimum Gasteiger partial charge on any atom is -0.462 e. The molecule has 0 fully saturated rings. The Morgan fingerprint density at radius 1 is 0.974 bits per heavy atom. The van der Waals surface area contributed by atoms with Gasteiger partial charge in [-0.1, -0.05) is 48.0 Å². The molecular weight excluding hydrogens is 500 g/mol. The zero-order chi connectivity index (χ0) is 27.1. The Morgan fingerprint density at radius 2 is 1.66 bits per heavy atom. The highest BCUT2D eigenvalue weighted by Gasteiger charge is 2.22. The lowest BCUT2D eigenvalue weighted by Crippen LogP contribution is -2.15. The molecule has 0 spiro atoms. The Balaban J connectivity index is 1.55. The lowest BCUT2D eigenvalue weighted by Gasteiger charge is -2.10. The lowest BCUT2D eigenvalue weighted by atomic mass is 10.2. The Morgan fingerprint density at radius 3 is 2.32 bits per heavy atom. The molecule has 0 radical (unpaired) electrons. The molecule has 0 atom stereocenters. The first-order valence-electron chi connectivity index (χ1n) is 12.4. The number of thioether (sulfide) groups is 1. The second-order valence-corrected chi connectivity index (χ2v) is 9.82. The number of esters is 1. The zero-order valence-corrected chi connectivity index (χ0v) is 22.7. The topological polar surface area (TPSA) is 112 Å². The summed E-state index contributed by atoms with van der Waals surface area (Å²) in [6, 6.07) is 16.3. The summed E-state index contributed by atoms with van der Waals surface area (Å²) in [5.74, 6) is -0.404. The van der Waals surface area contributed by atoms with E-state index in [1.807, 2.05) is 58.0 Å². The summed E-state index contributed by atoms with van der Waals surface area (Å²) in [6.07, 6.45) is 1.77. The molecule has 4 rings (SSSR count). The third kappa shape index (κ3) is 6.83. The van der Waals surface area contributed by atoms with Crippen molar-refractivity contribution < 1.29 is 14.3 Å². The number of aromatic nitrogens is 5. The largest absolute Gasteiger partial charge is 0.462 e. The average Bonchev–Trinajstić information content (AvgIpc) is 3.32. The number of ether oxygens (including phenoxy) is 1. The highest BCUT2D eigenvalue weighted by atomic mass is 32.2. The molecule has 0 bridgehead atoms. The normalized spacial score (nSPS) is 10.8. The number of anilines is 1. The number of carbonyl (C=O) groups excluding carboxylic acids is 2. The van der Waals surface area contributed by atoms with Crippen molar-refractivity contribution in [1.29, 1.82) is 0 Å². The lowest BCUT2D eigenvalue weighted by molar-refractivity contribution is 0.0499. The number of aryl methyl sites for hydroxylation is 3. The van der Waals surface area contributed by atoms with Gasteiger partial charge in [-0.15, -0.1) is 5.10 Å². The highest BCUT2D eigenvalue weighted by Crippen LogP contribution is 2.24. The van der Waals surface area contributed by atoms with Gasteiger partial charge in [0.05, 0.1) is 23.6 Å². The van der Waals surface area contributed by atoms with Crippen LogP contribution in [0.2, 0.25) is 0 Å². The van der Waals surface area contributed by atoms with Crippen LogP contribution in [-0.2, 0) is 10.5 Å². The van der Waals surface area contributed by atoms with Gasteiger partial charge in [0.1, 0.15) is 0 Å². The minimum atomic E-state index is -0.404. The van der Waals surface area contributed by atoms with Crippen molar-refractivity contribution in [3.05, 3.63) is 88.5 Å². The molecule has 2 aromatic carbocycles. The second kappa shape index (κ2) is 12.5. The summed E-state index contributed by atoms with van der Waals surface area (Å²) in [5.41, 5.74) is 5.44. The van der Waals surface area contributed by atoms with E-state index in [1.54, 1.807) is 28.9 Å². The van der Waals surface area contributed by atoms with Crippen molar-refractivity contribution in [2.45, 2.75) is 51.4 Å². The Bertz CT molecular complexity index is 1400. The predicted octanol–water partition coefficient (Wildman–Crippen LogP) is 5.48. The van der Waals surface area contributed by atoms with Gasteiger partial charge in [-0.25, -0.2) is 19.4 Å². The summed E-state index contributed by atoms with van der Waals surface area (Å²) < 4.78 is 6.91. The number of amides is 1. The summed E-state index contributed by atoms with van der Waals surface area (Å²) >= 11 is 1.42. The fourth-order valence-corrected chi connectivity index (χ4v) is 4.61. The van der Waals surface area contributed by atoms with Crippen LogP contribution in [0.4, 0.5) is 5.69 Å². The maximum absolute atomic E-state index is 13.3. The number of rotatable bonds is 10. The van der Waals surface area contributed by atoms with Gasteiger partial charge < -0.3 is 10.1 Å². The van der Waals surface area contributed by atoms with Crippen LogP contribution in [0.25, 0.3) is 5.69 Å². The van der Waals surface area contributed by atoms with Crippen LogP contribution in [0.3, 0.4) is 0 Å². The van der Waals surface area contributed by atoms with E-state index in [1.165, 1.54) is 11.8 Å². The zero-order valence-electron chi connectivity index (χ0n) is 21.9. The van der Waals surface area contributed by atoms with E-state index < -0.39 is 5.91 Å². The standard InChI is InChI=1S/C28H30N6O3S/c1-5-6-15-37-27(36)21-9-11-22(12-10-21)31-26(35)25-24(17-38-28-29-19(3)16-20(4)30-28)34(33-32-25)23-13-7-18(2)8-14-23/h7-14,16H,5-6,15,17H2,1-4H3,(H,31,35). The third-order valence-electron chi connectivity index (χ3n) is 5.67. The molecule has 1 N–H and O–H groups in total. The molecule has 38 heavy (non-hydrogen) atoms. The fourth-order valence-electron chi connectivity index (χ4n) is 3.66. The van der Waals surface area contributed by atoms with E-state index >= 15 is 0 Å². The molecule has 1 amide bonds. The molecule has 0 aliphatic rings. The number of carbonyl (C=O) groups is 2. The molecule has 0 aliphatic heterocycles. The van der Waals surface area contributed by atoms with Crippen LogP contribution in [0.15, 0.2) is 59.8 Å². The SMILES string of the molecule is CCCCOC(=O)c1ccc(NC(=O)c2nnn(-c3ccc(C)cc3)c2CSc2nc(C)cc(C)n2)cc1. The quantitative estimate of drug-likeness (QED) is 0.124. The van der Waals surface area contributed by atoms with E-state index in [2.05, 4.69) is 25.6 Å². The molecular formula is C28H30N6O3S. The minimum absolute atomic E-state index is 0.200. The van der Waals surface area contributed by atoms with E-state index in [0.717, 1.165) is 35.5 Å². The first-order valence-corrected chi connectivity index (χ1v) is 13.4. The van der Waals surface area contributed by atoms with Crippen LogP contribution in [-0.4, -0.2) is 43.4 Å². The molecule has 2 heterocycles. The first-order chi connectivity index (χ1) is 18.3. The van der Waals surface area contributed by atoms with Gasteiger partial charge >= 0.3 is 5.97 Å². The fraction of sp³-hybridized carbons (Fsp3) is 0.286. The number of hydrogen-bond donors (Lipinski definition) is 1. The second-order valence-electron chi connectivity index (χ2n) is 8.87. The predicted molar refractivity (Wildman–Crippen MR) is 147 cm³/mol. The van der Waals surface area contributed by atoms with Crippen LogP contribution in [0.1, 0.15) is 63.3 Å². The van der Waals surface area contributed by atoms with Crippen molar-refractivity contribution in [2.75, 3.05) is 11.9 Å². The molecule has 0 saturated carbocycles. The average molecular weight is 531 g/mol. The Kier molecular flexibility index (Phi) is 8.85. The van der Waals surface area contributed by atoms with Crippen LogP contribution in [0.5, 0.6) is 0 Å². The van der Waals surface area contributed by atoms with Gasteiger partial charge in [0, 0.05) is 22.8 Å². The van der Waals surface area contributed by atoms with Gasteiger partial charge in [-0.2, -0.15) is 0 Å². The summed E-state index contributed by atoms with van der Waals surface area (Å²) in [6.45, 7) is 8.27. The van der Waals surface area contributed by atoms with Crippen LogP contribution in [0, 0.1) is 20.8 Å². The summed E-state index contributed by atoms with van der Waals surface area (Å²) in [4.78, 5) is 34.5. The summed E-state index contributed by atoms with van der Waals surface area (Å²) in [7, 11) is 0. The van der Waals surface area contributed by atoms with Gasteiger partial charge in [-0.3, -0.25) is 4.79 Å². The molecule has 0 unspecified atom stereocenters. The van der Waals surface area contributed by atoms with E-state index in [9.17, 15) is 9.59 Å². The maximum atomic E-state index is 13.3. The number of nitrogens with zero attached hydrogens (tertiary/aromatic N) is 5. The van der Waals surface area contributed by atoms with Crippen LogP contribution < -0.4 is 5.32 Å². The number of hydrogen-bond acceptors (Lipinski definition) is 8. The van der Waals surface area contributed by atoms with Crippen molar-refractivity contribution in [3.8, 4) is 5.69 Å². The van der Waals surface area contributed by atoms with E-state index in [0.29, 0.717) is 34.5 Å². The van der Waals surface area contributed by atoms with Crippen molar-refractivity contribution >= 4 is 29.3 Å². The Labute approximate surface area is 226 Å². The van der Waals surface area contributed by atoms with Crippen molar-refractivity contribution in [2.24, 2.45) is 0 Å². The first kappa shape index (κ1) is 27.0. The monoisotopic (exact) mass is 530 g/mol. The van der Waals surface area contributed by atoms with Gasteiger partial charge in [0.25, 0.3) is 5.91 Å². The smallest absolute Gasteiger partial charge is 0.338 e. The summed E-state index contributed by atoms with van der Waals surface area (Å²) in [5, 5.41) is 12.0. The van der Waals surface area contributed by atoms with Gasteiger partial charge in [-0.05, 0) is 69.7 Å². The van der Waals surface area contributed by atoms with E-state index in [-0.39, 0.29) is 11.7 Å². The van der Waals surface area contributed by atoms with Crippen LogP contribution >= 0.6 is 11.8 Å². The molecule has 0 aliphatic carbocycles.